The number of amides is 2. The highest BCUT2D eigenvalue weighted by Gasteiger charge is 2.14. The van der Waals surface area contributed by atoms with Crippen LogP contribution < -0.4 is 11.1 Å². The minimum absolute atomic E-state index is 0.0764. The Balaban J connectivity index is 0.000000198. The van der Waals surface area contributed by atoms with Gasteiger partial charge in [0.05, 0.1) is 11.8 Å². The number of likely N-dealkylation sites (tertiary alicyclic amines) is 1. The largest absolute Gasteiger partial charge is 0.382 e. The Morgan fingerprint density at radius 1 is 1.46 bits per heavy atom. The van der Waals surface area contributed by atoms with Crippen LogP contribution in [-0.4, -0.2) is 51.3 Å². The second-order valence-electron chi connectivity index (χ2n) is 5.29. The SMILES string of the molecule is C=CC(=O)N1CCCC1.CCNC(=O)c1c[nH]c2ncc(N)nc12. The molecule has 0 aromatic carbocycles. The second kappa shape index (κ2) is 8.09. The molecular formula is C16H22N6O2. The van der Waals surface area contributed by atoms with Crippen molar-refractivity contribution in [3.8, 4) is 0 Å². The molecule has 1 aliphatic rings. The Kier molecular flexibility index (Phi) is 5.89. The van der Waals surface area contributed by atoms with Crippen molar-refractivity contribution in [3.63, 3.8) is 0 Å². The number of H-pyrrole nitrogens is 1. The first-order chi connectivity index (χ1) is 11.6. The number of carbonyl (C=O) groups is 2. The number of aromatic nitrogens is 3. The summed E-state index contributed by atoms with van der Waals surface area (Å²) < 4.78 is 0. The van der Waals surface area contributed by atoms with E-state index in [4.69, 9.17) is 5.73 Å². The lowest BCUT2D eigenvalue weighted by Gasteiger charge is -2.10. The third-order valence-electron chi connectivity index (χ3n) is 3.57. The number of hydrogen-bond donors (Lipinski definition) is 3. The molecule has 0 atom stereocenters. The van der Waals surface area contributed by atoms with Crippen molar-refractivity contribution in [1.82, 2.24) is 25.2 Å². The average Bonchev–Trinajstić information content (AvgIpc) is 3.24. The van der Waals surface area contributed by atoms with E-state index in [9.17, 15) is 9.59 Å². The predicted molar refractivity (Wildman–Crippen MR) is 92.3 cm³/mol. The number of fused-ring (bicyclic) bond motifs is 1. The number of nitrogens with two attached hydrogens (primary N) is 1. The molecule has 2 aromatic rings. The van der Waals surface area contributed by atoms with Crippen molar-refractivity contribution < 1.29 is 9.59 Å². The van der Waals surface area contributed by atoms with E-state index in [0.717, 1.165) is 25.9 Å². The zero-order chi connectivity index (χ0) is 17.5. The lowest BCUT2D eigenvalue weighted by Crippen LogP contribution is -2.25. The molecule has 3 rings (SSSR count). The molecule has 0 aliphatic carbocycles. The molecule has 128 valence electrons. The van der Waals surface area contributed by atoms with Crippen LogP contribution >= 0.6 is 0 Å². The van der Waals surface area contributed by atoms with E-state index in [2.05, 4.69) is 26.8 Å². The van der Waals surface area contributed by atoms with Gasteiger partial charge in [-0.05, 0) is 25.8 Å². The van der Waals surface area contributed by atoms with E-state index >= 15 is 0 Å². The van der Waals surface area contributed by atoms with Gasteiger partial charge in [0.15, 0.2) is 5.65 Å². The molecule has 8 heteroatoms. The van der Waals surface area contributed by atoms with Crippen LogP contribution in [-0.2, 0) is 4.79 Å². The Morgan fingerprint density at radius 2 is 2.17 bits per heavy atom. The molecule has 1 aliphatic heterocycles. The van der Waals surface area contributed by atoms with E-state index in [0.29, 0.717) is 29.1 Å². The highest BCUT2D eigenvalue weighted by molar-refractivity contribution is 6.04. The average molecular weight is 330 g/mol. The lowest BCUT2D eigenvalue weighted by molar-refractivity contribution is -0.124. The lowest BCUT2D eigenvalue weighted by atomic mass is 10.3. The minimum atomic E-state index is -0.177. The van der Waals surface area contributed by atoms with Crippen molar-refractivity contribution in [2.75, 3.05) is 25.4 Å². The van der Waals surface area contributed by atoms with Crippen LogP contribution in [0.15, 0.2) is 25.0 Å². The zero-order valence-corrected chi connectivity index (χ0v) is 13.7. The fourth-order valence-electron chi connectivity index (χ4n) is 2.40. The van der Waals surface area contributed by atoms with Gasteiger partial charge in [-0.1, -0.05) is 6.58 Å². The van der Waals surface area contributed by atoms with Gasteiger partial charge in [0.2, 0.25) is 5.91 Å². The smallest absolute Gasteiger partial charge is 0.255 e. The molecule has 3 heterocycles. The number of nitrogens with zero attached hydrogens (tertiary/aromatic N) is 3. The standard InChI is InChI=1S/C9H11N5O.C7H11NO/c1-2-11-9(15)5-3-12-8-7(5)14-6(10)4-13-8;1-2-7(9)8-5-3-4-6-8/h3-4H,2H2,1H3,(H2,10,14)(H,11,15)(H,12,13);2H,1,3-6H2. The van der Waals surface area contributed by atoms with Crippen LogP contribution in [0.3, 0.4) is 0 Å². The third-order valence-corrected chi connectivity index (χ3v) is 3.57. The number of rotatable bonds is 3. The maximum absolute atomic E-state index is 11.6. The van der Waals surface area contributed by atoms with Gasteiger partial charge in [-0.25, -0.2) is 9.97 Å². The van der Waals surface area contributed by atoms with Crippen LogP contribution in [0.4, 0.5) is 5.82 Å². The Bertz CT molecular complexity index is 733. The molecule has 0 radical (unpaired) electrons. The van der Waals surface area contributed by atoms with Crippen molar-refractivity contribution in [3.05, 3.63) is 30.6 Å². The molecule has 2 amide bonds. The van der Waals surface area contributed by atoms with E-state index < -0.39 is 0 Å². The van der Waals surface area contributed by atoms with E-state index in [1.165, 1.54) is 12.3 Å². The van der Waals surface area contributed by atoms with Gasteiger partial charge in [-0.3, -0.25) is 9.59 Å². The summed E-state index contributed by atoms with van der Waals surface area (Å²) in [7, 11) is 0. The maximum atomic E-state index is 11.6. The Hall–Kier alpha value is -2.90. The number of hydrogen-bond acceptors (Lipinski definition) is 5. The first-order valence-corrected chi connectivity index (χ1v) is 7.86. The fourth-order valence-corrected chi connectivity index (χ4v) is 2.40. The summed E-state index contributed by atoms with van der Waals surface area (Å²) in [5, 5.41) is 2.69. The van der Waals surface area contributed by atoms with Crippen molar-refractivity contribution in [1.29, 1.82) is 0 Å². The number of carbonyl (C=O) groups excluding carboxylic acids is 2. The summed E-state index contributed by atoms with van der Waals surface area (Å²) in [6.07, 6.45) is 6.71. The summed E-state index contributed by atoms with van der Waals surface area (Å²) in [4.78, 5) is 35.2. The van der Waals surface area contributed by atoms with Crippen LogP contribution in [0.1, 0.15) is 30.1 Å². The summed E-state index contributed by atoms with van der Waals surface area (Å²) in [6, 6.07) is 0. The van der Waals surface area contributed by atoms with Gasteiger partial charge >= 0.3 is 0 Å². The molecule has 4 N–H and O–H groups in total. The number of nitrogen functional groups attached to an aromatic ring is 1. The molecule has 0 bridgehead atoms. The monoisotopic (exact) mass is 330 g/mol. The van der Waals surface area contributed by atoms with Gasteiger partial charge in [-0.15, -0.1) is 0 Å². The Morgan fingerprint density at radius 3 is 2.79 bits per heavy atom. The van der Waals surface area contributed by atoms with Crippen LogP contribution in [0.25, 0.3) is 11.2 Å². The van der Waals surface area contributed by atoms with E-state index in [-0.39, 0.29) is 11.8 Å². The number of aromatic amines is 1. The summed E-state index contributed by atoms with van der Waals surface area (Å²) >= 11 is 0. The van der Waals surface area contributed by atoms with Crippen molar-refractivity contribution >= 4 is 28.8 Å². The molecule has 24 heavy (non-hydrogen) atoms. The first-order valence-electron chi connectivity index (χ1n) is 7.86. The fraction of sp³-hybridized carbons (Fsp3) is 0.375. The normalized spacial score (nSPS) is 13.3. The minimum Gasteiger partial charge on any atom is -0.382 e. The number of anilines is 1. The van der Waals surface area contributed by atoms with Gasteiger partial charge in [0.1, 0.15) is 11.3 Å². The topological polar surface area (TPSA) is 117 Å². The van der Waals surface area contributed by atoms with Crippen LogP contribution in [0.2, 0.25) is 0 Å². The molecule has 0 unspecified atom stereocenters. The molecule has 2 aromatic heterocycles. The second-order valence-corrected chi connectivity index (χ2v) is 5.29. The quantitative estimate of drug-likeness (QED) is 0.728. The molecule has 1 fully saturated rings. The van der Waals surface area contributed by atoms with Crippen LogP contribution in [0.5, 0.6) is 0 Å². The summed E-state index contributed by atoms with van der Waals surface area (Å²) in [5.41, 5.74) is 7.03. The highest BCUT2D eigenvalue weighted by Crippen LogP contribution is 2.14. The Labute approximate surface area is 140 Å². The molecule has 0 spiro atoms. The molecule has 8 nitrogen and oxygen atoms in total. The molecule has 1 saturated heterocycles. The molecule has 0 saturated carbocycles. The van der Waals surface area contributed by atoms with Gasteiger partial charge in [0.25, 0.3) is 5.91 Å². The highest BCUT2D eigenvalue weighted by atomic mass is 16.2. The summed E-state index contributed by atoms with van der Waals surface area (Å²) in [5.74, 6) is 0.198. The maximum Gasteiger partial charge on any atom is 0.255 e. The first kappa shape index (κ1) is 17.5. The van der Waals surface area contributed by atoms with E-state index in [1.807, 2.05) is 11.8 Å². The zero-order valence-electron chi connectivity index (χ0n) is 13.7. The van der Waals surface area contributed by atoms with Gasteiger partial charge in [-0.2, -0.15) is 0 Å². The predicted octanol–water partition coefficient (Wildman–Crippen LogP) is 1.08. The molecular weight excluding hydrogens is 308 g/mol. The van der Waals surface area contributed by atoms with E-state index in [1.54, 1.807) is 6.20 Å². The van der Waals surface area contributed by atoms with Crippen molar-refractivity contribution in [2.45, 2.75) is 19.8 Å². The van der Waals surface area contributed by atoms with Gasteiger partial charge < -0.3 is 20.9 Å². The van der Waals surface area contributed by atoms with Crippen LogP contribution in [0, 0.1) is 0 Å². The van der Waals surface area contributed by atoms with Gasteiger partial charge in [0, 0.05) is 25.8 Å². The third kappa shape index (κ3) is 4.09. The summed E-state index contributed by atoms with van der Waals surface area (Å²) in [6.45, 7) is 7.68. The van der Waals surface area contributed by atoms with Crippen molar-refractivity contribution in [2.24, 2.45) is 0 Å². The number of nitrogens with one attached hydrogen (secondary N) is 2.